The van der Waals surface area contributed by atoms with Crippen LogP contribution in [0.5, 0.6) is 0 Å². The van der Waals surface area contributed by atoms with Crippen LogP contribution in [0.25, 0.3) is 0 Å². The van der Waals surface area contributed by atoms with Crippen molar-refractivity contribution in [3.63, 3.8) is 0 Å². The van der Waals surface area contributed by atoms with Gasteiger partial charge in [0.15, 0.2) is 0 Å². The second kappa shape index (κ2) is 15.2. The van der Waals surface area contributed by atoms with Gasteiger partial charge in [-0.1, -0.05) is 73.1 Å². The Balaban J connectivity index is 1.80. The van der Waals surface area contributed by atoms with Gasteiger partial charge in [0, 0.05) is 24.0 Å². The number of sulfonamides is 1. The Hall–Kier alpha value is -4.21. The van der Waals surface area contributed by atoms with Crippen molar-refractivity contribution in [2.45, 2.75) is 57.1 Å². The van der Waals surface area contributed by atoms with Crippen LogP contribution in [0.4, 0.5) is 10.1 Å². The van der Waals surface area contributed by atoms with Crippen molar-refractivity contribution in [2.24, 2.45) is 0 Å². The van der Waals surface area contributed by atoms with Gasteiger partial charge in [0.05, 0.1) is 10.6 Å². The van der Waals surface area contributed by atoms with Crippen LogP contribution in [0.3, 0.4) is 0 Å². The minimum Gasteiger partial charge on any atom is -0.352 e. The SMILES string of the molecule is CC[C@@H](C)NC(=O)[C@H](Cc1ccccc1)N(Cc1ccc(F)cc1)C(=O)CN(c1cccc(C)c1)S(=O)(=O)c1ccc(Cl)cc1. The van der Waals surface area contributed by atoms with Gasteiger partial charge in [-0.2, -0.15) is 0 Å². The van der Waals surface area contributed by atoms with E-state index >= 15 is 0 Å². The lowest BCUT2D eigenvalue weighted by atomic mass is 10.0. The van der Waals surface area contributed by atoms with Crippen LogP contribution in [0.15, 0.2) is 108 Å². The quantitative estimate of drug-likeness (QED) is 0.178. The summed E-state index contributed by atoms with van der Waals surface area (Å²) in [5, 5.41) is 3.37. The number of halogens is 2. The summed E-state index contributed by atoms with van der Waals surface area (Å²) in [6, 6.07) is 26.4. The summed E-state index contributed by atoms with van der Waals surface area (Å²) in [7, 11) is -4.25. The predicted octanol–water partition coefficient (Wildman–Crippen LogP) is 6.54. The molecule has 2 amide bonds. The molecular weight excluding hydrogens is 613 g/mol. The molecule has 4 rings (SSSR count). The summed E-state index contributed by atoms with van der Waals surface area (Å²) in [6.07, 6.45) is 0.862. The highest BCUT2D eigenvalue weighted by molar-refractivity contribution is 7.92. The van der Waals surface area contributed by atoms with E-state index in [9.17, 15) is 22.4 Å². The molecule has 10 heteroatoms. The first kappa shape index (κ1) is 33.7. The van der Waals surface area contributed by atoms with Crippen LogP contribution in [-0.4, -0.2) is 43.8 Å². The lowest BCUT2D eigenvalue weighted by Crippen LogP contribution is -2.54. The maximum Gasteiger partial charge on any atom is 0.264 e. The number of nitrogens with zero attached hydrogens (tertiary/aromatic N) is 2. The summed E-state index contributed by atoms with van der Waals surface area (Å²) in [6.45, 7) is 5.01. The van der Waals surface area contributed by atoms with Gasteiger partial charge in [0.25, 0.3) is 10.0 Å². The molecule has 4 aromatic carbocycles. The number of benzene rings is 4. The van der Waals surface area contributed by atoms with Crippen LogP contribution in [-0.2, 0) is 32.6 Å². The van der Waals surface area contributed by atoms with Gasteiger partial charge in [-0.15, -0.1) is 0 Å². The lowest BCUT2D eigenvalue weighted by molar-refractivity contribution is -0.140. The van der Waals surface area contributed by atoms with E-state index in [0.29, 0.717) is 22.7 Å². The van der Waals surface area contributed by atoms with Crippen molar-refractivity contribution in [1.29, 1.82) is 0 Å². The van der Waals surface area contributed by atoms with Crippen LogP contribution in [0.1, 0.15) is 37.0 Å². The molecule has 1 N–H and O–H groups in total. The molecule has 0 aliphatic heterocycles. The van der Waals surface area contributed by atoms with Crippen LogP contribution in [0, 0.1) is 12.7 Å². The Kier molecular flexibility index (Phi) is 11.4. The van der Waals surface area contributed by atoms with Gasteiger partial charge in [-0.05, 0) is 85.5 Å². The van der Waals surface area contributed by atoms with Crippen molar-refractivity contribution < 1.29 is 22.4 Å². The Morgan fingerprint density at radius 1 is 0.889 bits per heavy atom. The van der Waals surface area contributed by atoms with Crippen LogP contribution in [0.2, 0.25) is 5.02 Å². The molecular formula is C35H37ClFN3O4S. The maximum absolute atomic E-state index is 14.5. The first-order valence-electron chi connectivity index (χ1n) is 14.7. The average Bonchev–Trinajstić information content (AvgIpc) is 3.02. The smallest absolute Gasteiger partial charge is 0.264 e. The van der Waals surface area contributed by atoms with E-state index in [1.807, 2.05) is 57.2 Å². The molecule has 0 fully saturated rings. The predicted molar refractivity (Wildman–Crippen MR) is 176 cm³/mol. The highest BCUT2D eigenvalue weighted by atomic mass is 35.5. The van der Waals surface area contributed by atoms with Gasteiger partial charge < -0.3 is 10.2 Å². The van der Waals surface area contributed by atoms with E-state index in [4.69, 9.17) is 11.6 Å². The number of carbonyl (C=O) groups is 2. The molecule has 0 heterocycles. The molecule has 0 spiro atoms. The number of hydrogen-bond donors (Lipinski definition) is 1. The van der Waals surface area contributed by atoms with Crippen molar-refractivity contribution in [3.8, 4) is 0 Å². The third kappa shape index (κ3) is 8.93. The van der Waals surface area contributed by atoms with E-state index in [1.165, 1.54) is 41.3 Å². The molecule has 0 aliphatic carbocycles. The van der Waals surface area contributed by atoms with Gasteiger partial charge in [0.1, 0.15) is 18.4 Å². The zero-order chi connectivity index (χ0) is 32.6. The molecule has 0 unspecified atom stereocenters. The standard InChI is InChI=1S/C35H37ClFN3O4S/c1-4-26(3)38-35(42)33(22-27-10-6-5-7-11-27)39(23-28-13-17-30(37)18-14-28)34(41)24-40(31-12-8-9-25(2)21-31)45(43,44)32-19-15-29(36)16-20-32/h5-21,26,33H,4,22-24H2,1-3H3,(H,38,42)/t26-,33+/m1/s1. The Bertz CT molecular complexity index is 1700. The normalized spacial score (nSPS) is 12.6. The number of rotatable bonds is 13. The molecule has 2 atom stereocenters. The first-order chi connectivity index (χ1) is 21.5. The van der Waals surface area contributed by atoms with Gasteiger partial charge in [-0.3, -0.25) is 13.9 Å². The minimum atomic E-state index is -4.25. The van der Waals surface area contributed by atoms with E-state index < -0.39 is 34.3 Å². The van der Waals surface area contributed by atoms with Crippen molar-refractivity contribution in [1.82, 2.24) is 10.2 Å². The minimum absolute atomic E-state index is 0.0401. The van der Waals surface area contributed by atoms with E-state index in [1.54, 1.807) is 30.3 Å². The molecule has 236 valence electrons. The molecule has 45 heavy (non-hydrogen) atoms. The van der Waals surface area contributed by atoms with Crippen LogP contribution < -0.4 is 9.62 Å². The van der Waals surface area contributed by atoms with E-state index in [2.05, 4.69) is 5.32 Å². The number of anilines is 1. The number of nitrogens with one attached hydrogen (secondary N) is 1. The highest BCUT2D eigenvalue weighted by Gasteiger charge is 2.35. The van der Waals surface area contributed by atoms with Gasteiger partial charge in [-0.25, -0.2) is 12.8 Å². The molecule has 0 radical (unpaired) electrons. The van der Waals surface area contributed by atoms with Gasteiger partial charge in [0.2, 0.25) is 11.8 Å². The van der Waals surface area contributed by atoms with E-state index in [0.717, 1.165) is 15.4 Å². The zero-order valence-corrected chi connectivity index (χ0v) is 27.1. The Morgan fingerprint density at radius 2 is 1.56 bits per heavy atom. The van der Waals surface area contributed by atoms with Crippen molar-refractivity contribution in [2.75, 3.05) is 10.8 Å². The summed E-state index contributed by atoms with van der Waals surface area (Å²) in [5.74, 6) is -1.41. The first-order valence-corrected chi connectivity index (χ1v) is 16.5. The molecule has 0 bridgehead atoms. The summed E-state index contributed by atoms with van der Waals surface area (Å²) in [5.41, 5.74) is 2.50. The lowest BCUT2D eigenvalue weighted by Gasteiger charge is -2.34. The van der Waals surface area contributed by atoms with E-state index in [-0.39, 0.29) is 29.8 Å². The number of carbonyl (C=O) groups excluding carboxylic acids is 2. The second-order valence-corrected chi connectivity index (χ2v) is 13.3. The molecule has 7 nitrogen and oxygen atoms in total. The number of aryl methyl sites for hydroxylation is 1. The fraction of sp³-hybridized carbons (Fsp3) is 0.257. The second-order valence-electron chi connectivity index (χ2n) is 11.0. The summed E-state index contributed by atoms with van der Waals surface area (Å²) >= 11 is 6.04. The molecule has 0 aromatic heterocycles. The van der Waals surface area contributed by atoms with Crippen molar-refractivity contribution in [3.05, 3.63) is 131 Å². The highest BCUT2D eigenvalue weighted by Crippen LogP contribution is 2.27. The Morgan fingerprint density at radius 3 is 2.18 bits per heavy atom. The number of hydrogen-bond acceptors (Lipinski definition) is 4. The molecule has 0 saturated carbocycles. The third-order valence-electron chi connectivity index (χ3n) is 7.51. The fourth-order valence-electron chi connectivity index (χ4n) is 4.83. The molecule has 4 aromatic rings. The molecule has 0 saturated heterocycles. The summed E-state index contributed by atoms with van der Waals surface area (Å²) < 4.78 is 43.0. The third-order valence-corrected chi connectivity index (χ3v) is 9.55. The average molecular weight is 650 g/mol. The Labute approximate surface area is 269 Å². The topological polar surface area (TPSA) is 86.8 Å². The van der Waals surface area contributed by atoms with Crippen molar-refractivity contribution >= 4 is 39.1 Å². The fourth-order valence-corrected chi connectivity index (χ4v) is 6.36. The van der Waals surface area contributed by atoms with Crippen LogP contribution >= 0.6 is 11.6 Å². The summed E-state index contributed by atoms with van der Waals surface area (Å²) in [4.78, 5) is 29.6. The maximum atomic E-state index is 14.5. The monoisotopic (exact) mass is 649 g/mol. The molecule has 0 aliphatic rings. The zero-order valence-electron chi connectivity index (χ0n) is 25.5. The van der Waals surface area contributed by atoms with Gasteiger partial charge >= 0.3 is 0 Å². The number of amides is 2. The largest absolute Gasteiger partial charge is 0.352 e.